The zero-order valence-corrected chi connectivity index (χ0v) is 17.0. The van der Waals surface area contributed by atoms with Gasteiger partial charge in [0.25, 0.3) is 11.7 Å². The molecule has 0 N–H and O–H groups in total. The highest BCUT2D eigenvalue weighted by Gasteiger charge is 2.34. The summed E-state index contributed by atoms with van der Waals surface area (Å²) in [6, 6.07) is 12.2. The van der Waals surface area contributed by atoms with Crippen LogP contribution < -0.4 is 4.74 Å². The van der Waals surface area contributed by atoms with Crippen LogP contribution >= 0.6 is 39.5 Å². The second-order valence-electron chi connectivity index (χ2n) is 5.48. The minimum absolute atomic E-state index is 0.223. The van der Waals surface area contributed by atoms with Crippen LogP contribution in [0.5, 0.6) is 5.75 Å². The van der Waals surface area contributed by atoms with E-state index in [-0.39, 0.29) is 11.3 Å². The Labute approximate surface area is 167 Å². The molecule has 1 heterocycles. The van der Waals surface area contributed by atoms with Crippen molar-refractivity contribution in [2.45, 2.75) is 16.0 Å². The van der Waals surface area contributed by atoms with Crippen LogP contribution in [-0.4, -0.2) is 36.0 Å². The van der Waals surface area contributed by atoms with Crippen molar-refractivity contribution < 1.29 is 18.3 Å². The molecule has 1 unspecified atom stereocenters. The summed E-state index contributed by atoms with van der Waals surface area (Å²) in [6.45, 7) is 0.553. The van der Waals surface area contributed by atoms with Crippen molar-refractivity contribution in [3.8, 4) is 5.75 Å². The summed E-state index contributed by atoms with van der Waals surface area (Å²) in [5, 5.41) is -0.223. The summed E-state index contributed by atoms with van der Waals surface area (Å²) >= 11 is 5.49. The Kier molecular flexibility index (Phi) is 6.47. The van der Waals surface area contributed by atoms with E-state index in [1.54, 1.807) is 48.0 Å². The number of hydrogen-bond acceptors (Lipinski definition) is 4. The number of benzene rings is 2. The second-order valence-corrected chi connectivity index (χ2v) is 8.62. The van der Waals surface area contributed by atoms with E-state index in [9.17, 15) is 13.6 Å². The molecule has 1 fully saturated rings. The molecule has 2 aromatic carbocycles. The molecular weight excluding hydrogens is 444 g/mol. The maximum atomic E-state index is 13.1. The lowest BCUT2D eigenvalue weighted by molar-refractivity contribution is 0.0756. The van der Waals surface area contributed by atoms with Crippen molar-refractivity contribution in [2.75, 3.05) is 19.4 Å². The summed E-state index contributed by atoms with van der Waals surface area (Å²) in [5.74, 6) is -1.35. The topological polar surface area (TPSA) is 29.5 Å². The van der Waals surface area contributed by atoms with Gasteiger partial charge in [-0.1, -0.05) is 39.8 Å². The van der Waals surface area contributed by atoms with E-state index in [0.717, 1.165) is 15.8 Å². The fourth-order valence-corrected chi connectivity index (χ4v) is 5.11. The fourth-order valence-electron chi connectivity index (χ4n) is 2.83. The van der Waals surface area contributed by atoms with E-state index in [2.05, 4.69) is 15.9 Å². The molecule has 138 valence electrons. The third-order valence-corrected chi connectivity index (χ3v) is 6.47. The Morgan fingerprint density at radius 2 is 2.12 bits per heavy atom. The molecule has 3 rings (SSSR count). The Balaban J connectivity index is 1.94. The Bertz CT molecular complexity index is 807. The molecular formula is C18H16BrF2NO2S2. The first-order chi connectivity index (χ1) is 12.5. The van der Waals surface area contributed by atoms with Gasteiger partial charge in [0.15, 0.2) is 0 Å². The minimum Gasteiger partial charge on any atom is -0.496 e. The van der Waals surface area contributed by atoms with Crippen molar-refractivity contribution in [1.29, 1.82) is 0 Å². The van der Waals surface area contributed by atoms with E-state index in [0.29, 0.717) is 34.5 Å². The number of nitrogens with zero attached hydrogens (tertiary/aromatic N) is 1. The molecule has 0 radical (unpaired) electrons. The quantitative estimate of drug-likeness (QED) is 0.539. The Hall–Kier alpha value is -1.25. The molecule has 1 aliphatic heterocycles. The maximum absolute atomic E-state index is 13.1. The van der Waals surface area contributed by atoms with Crippen LogP contribution in [0.3, 0.4) is 0 Å². The number of alkyl halides is 2. The van der Waals surface area contributed by atoms with Crippen LogP contribution in [0.2, 0.25) is 0 Å². The Morgan fingerprint density at radius 3 is 2.85 bits per heavy atom. The predicted octanol–water partition coefficient (Wildman–Crippen LogP) is 5.66. The van der Waals surface area contributed by atoms with E-state index in [1.807, 2.05) is 18.2 Å². The van der Waals surface area contributed by atoms with Crippen molar-refractivity contribution in [3.63, 3.8) is 0 Å². The van der Waals surface area contributed by atoms with E-state index in [1.165, 1.54) is 0 Å². The van der Waals surface area contributed by atoms with Gasteiger partial charge in [-0.2, -0.15) is 8.78 Å². The SMILES string of the molecule is COc1ccc(Br)cc1C1SCCN1C(=O)c1ccccc1SC(F)F. The lowest BCUT2D eigenvalue weighted by Gasteiger charge is -2.26. The predicted molar refractivity (Wildman–Crippen MR) is 105 cm³/mol. The molecule has 1 atom stereocenters. The number of carbonyl (C=O) groups is 1. The number of hydrogen-bond donors (Lipinski definition) is 0. The maximum Gasteiger partial charge on any atom is 0.288 e. The highest BCUT2D eigenvalue weighted by Crippen LogP contribution is 2.44. The third kappa shape index (κ3) is 4.18. The van der Waals surface area contributed by atoms with Gasteiger partial charge in [0.1, 0.15) is 11.1 Å². The smallest absolute Gasteiger partial charge is 0.288 e. The average Bonchev–Trinajstić information content (AvgIpc) is 3.10. The Morgan fingerprint density at radius 1 is 1.35 bits per heavy atom. The van der Waals surface area contributed by atoms with Crippen molar-refractivity contribution in [3.05, 3.63) is 58.1 Å². The summed E-state index contributed by atoms with van der Waals surface area (Å²) < 4.78 is 32.0. The summed E-state index contributed by atoms with van der Waals surface area (Å²) in [4.78, 5) is 15.1. The van der Waals surface area contributed by atoms with Crippen LogP contribution in [0.1, 0.15) is 21.3 Å². The first-order valence-electron chi connectivity index (χ1n) is 7.81. The van der Waals surface area contributed by atoms with Crippen molar-refractivity contribution in [1.82, 2.24) is 4.90 Å². The largest absolute Gasteiger partial charge is 0.496 e. The molecule has 0 aromatic heterocycles. The lowest BCUT2D eigenvalue weighted by atomic mass is 10.1. The molecule has 0 spiro atoms. The number of thioether (sulfide) groups is 2. The van der Waals surface area contributed by atoms with E-state index in [4.69, 9.17) is 4.74 Å². The summed E-state index contributed by atoms with van der Waals surface area (Å²) in [5.41, 5.74) is 1.19. The van der Waals surface area contributed by atoms with Gasteiger partial charge in [0.05, 0.1) is 12.7 Å². The number of halogens is 3. The molecule has 1 amide bonds. The van der Waals surface area contributed by atoms with Crippen molar-refractivity contribution in [2.24, 2.45) is 0 Å². The first-order valence-corrected chi connectivity index (χ1v) is 10.5. The zero-order chi connectivity index (χ0) is 18.7. The fraction of sp³-hybridized carbons (Fsp3) is 0.278. The molecule has 26 heavy (non-hydrogen) atoms. The number of methoxy groups -OCH3 is 1. The molecule has 1 saturated heterocycles. The monoisotopic (exact) mass is 459 g/mol. The average molecular weight is 460 g/mol. The van der Waals surface area contributed by atoms with Gasteiger partial charge in [-0.3, -0.25) is 4.79 Å². The van der Waals surface area contributed by atoms with E-state index >= 15 is 0 Å². The lowest BCUT2D eigenvalue weighted by Crippen LogP contribution is -2.31. The highest BCUT2D eigenvalue weighted by molar-refractivity contribution is 9.10. The number of rotatable bonds is 5. The molecule has 3 nitrogen and oxygen atoms in total. The van der Waals surface area contributed by atoms with Crippen LogP contribution in [0.15, 0.2) is 51.8 Å². The van der Waals surface area contributed by atoms with Gasteiger partial charge < -0.3 is 9.64 Å². The van der Waals surface area contributed by atoms with Gasteiger partial charge in [0, 0.05) is 27.2 Å². The normalized spacial score (nSPS) is 17.0. The van der Waals surface area contributed by atoms with Crippen LogP contribution in [-0.2, 0) is 0 Å². The standard InChI is InChI=1S/C18H16BrF2NO2S2/c1-24-14-7-6-11(19)10-13(14)17-22(8-9-25-17)16(23)12-4-2-3-5-15(12)26-18(20)21/h2-7,10,17-18H,8-9H2,1H3. The molecule has 1 aliphatic rings. The van der Waals surface area contributed by atoms with Crippen molar-refractivity contribution >= 4 is 45.4 Å². The summed E-state index contributed by atoms with van der Waals surface area (Å²) in [6.07, 6.45) is 0. The number of amides is 1. The molecule has 2 aromatic rings. The molecule has 0 bridgehead atoms. The van der Waals surface area contributed by atoms with Crippen LogP contribution in [0.4, 0.5) is 8.78 Å². The molecule has 0 aliphatic carbocycles. The van der Waals surface area contributed by atoms with Gasteiger partial charge in [0.2, 0.25) is 0 Å². The van der Waals surface area contributed by atoms with Gasteiger partial charge in [-0.05, 0) is 30.3 Å². The highest BCUT2D eigenvalue weighted by atomic mass is 79.9. The van der Waals surface area contributed by atoms with Gasteiger partial charge >= 0.3 is 0 Å². The van der Waals surface area contributed by atoms with Gasteiger partial charge in [-0.15, -0.1) is 11.8 Å². The van der Waals surface area contributed by atoms with Crippen LogP contribution in [0, 0.1) is 0 Å². The zero-order valence-electron chi connectivity index (χ0n) is 13.8. The third-order valence-electron chi connectivity index (χ3n) is 3.94. The van der Waals surface area contributed by atoms with E-state index < -0.39 is 5.76 Å². The first kappa shape index (κ1) is 19.5. The molecule has 0 saturated carbocycles. The number of ether oxygens (including phenoxy) is 1. The molecule has 8 heteroatoms. The second kappa shape index (κ2) is 8.63. The summed E-state index contributed by atoms with van der Waals surface area (Å²) in [7, 11) is 1.59. The number of carbonyl (C=O) groups excluding carboxylic acids is 1. The van der Waals surface area contributed by atoms with Crippen LogP contribution in [0.25, 0.3) is 0 Å². The minimum atomic E-state index is -2.57. The van der Waals surface area contributed by atoms with Gasteiger partial charge in [-0.25, -0.2) is 0 Å².